The summed E-state index contributed by atoms with van der Waals surface area (Å²) in [5.41, 5.74) is 15.7. The molecule has 0 atom stereocenters. The molecule has 0 aliphatic carbocycles. The van der Waals surface area contributed by atoms with Crippen molar-refractivity contribution in [3.8, 4) is 33.8 Å². The van der Waals surface area contributed by atoms with E-state index in [-0.39, 0.29) is 0 Å². The maximum Gasteiger partial charge on any atom is 0.292 e. The van der Waals surface area contributed by atoms with Crippen molar-refractivity contribution >= 4 is 33.3 Å². The third kappa shape index (κ3) is 4.34. The molecule has 4 aromatic heterocycles. The first-order valence-electron chi connectivity index (χ1n) is 16.4. The van der Waals surface area contributed by atoms with E-state index < -0.39 is 0 Å². The number of hydrogen-bond acceptors (Lipinski definition) is 1. The quantitative estimate of drug-likeness (QED) is 0.181. The highest BCUT2D eigenvalue weighted by molar-refractivity contribution is 6.08. The van der Waals surface area contributed by atoms with Crippen molar-refractivity contribution in [2.75, 3.05) is 0 Å². The van der Waals surface area contributed by atoms with Gasteiger partial charge in [0, 0.05) is 52.7 Å². The number of benzene rings is 4. The van der Waals surface area contributed by atoms with Crippen molar-refractivity contribution < 1.29 is 18.1 Å². The zero-order valence-corrected chi connectivity index (χ0v) is 27.2. The highest BCUT2D eigenvalue weighted by Crippen LogP contribution is 2.41. The average Bonchev–Trinajstić information content (AvgIpc) is 3.65. The number of furan rings is 1. The molecule has 9 rings (SSSR count). The molecule has 0 N–H and O–H groups in total. The lowest BCUT2D eigenvalue weighted by Crippen LogP contribution is -2.42. The Balaban J connectivity index is 1.51. The van der Waals surface area contributed by atoms with E-state index >= 15 is 0 Å². The molecule has 4 heteroatoms. The van der Waals surface area contributed by atoms with Crippen LogP contribution in [0.5, 0.6) is 0 Å². The van der Waals surface area contributed by atoms with Crippen LogP contribution in [-0.2, 0) is 7.05 Å². The molecule has 0 fully saturated rings. The maximum absolute atomic E-state index is 6.53. The van der Waals surface area contributed by atoms with E-state index in [1.54, 1.807) is 0 Å². The Hall–Kier alpha value is -6.13. The summed E-state index contributed by atoms with van der Waals surface area (Å²) >= 11 is 0. The molecule has 1 aliphatic heterocycles. The molecule has 1 aliphatic rings. The number of aromatic nitrogens is 3. The third-order valence-corrected chi connectivity index (χ3v) is 9.66. The predicted octanol–water partition coefficient (Wildman–Crippen LogP) is 8.84. The van der Waals surface area contributed by atoms with Crippen LogP contribution in [0.2, 0.25) is 0 Å². The lowest BCUT2D eigenvalue weighted by atomic mass is 9.93. The standard InChI is InChI=1S/C44H34N3O/c1-29-22-25-45(3)40(26-29)35-28-42-36(33-17-8-9-21-41(33)48-42)27-37(35)44(46-23-12-10-19-38(46)31-15-5-4-14-30(31)2)43-34-18-7-6-16-32(34)39-20-11-13-24-47(39)43/h4-28H,1-3H3/q+3. The van der Waals surface area contributed by atoms with Crippen molar-refractivity contribution in [1.82, 2.24) is 0 Å². The zero-order chi connectivity index (χ0) is 32.4. The summed E-state index contributed by atoms with van der Waals surface area (Å²) in [6, 6.07) is 47.8. The van der Waals surface area contributed by atoms with E-state index in [1.807, 2.05) is 6.07 Å². The van der Waals surface area contributed by atoms with Gasteiger partial charge in [-0.3, -0.25) is 0 Å². The van der Waals surface area contributed by atoms with Gasteiger partial charge in [-0.05, 0) is 73.5 Å². The van der Waals surface area contributed by atoms with Crippen LogP contribution < -0.4 is 13.7 Å². The predicted molar refractivity (Wildman–Crippen MR) is 192 cm³/mol. The minimum Gasteiger partial charge on any atom is -0.456 e. The van der Waals surface area contributed by atoms with Crippen molar-refractivity contribution in [2.45, 2.75) is 13.8 Å². The molecule has 5 heterocycles. The van der Waals surface area contributed by atoms with Crippen molar-refractivity contribution in [2.24, 2.45) is 7.05 Å². The first kappa shape index (κ1) is 28.1. The Morgan fingerprint density at radius 2 is 1.23 bits per heavy atom. The molecule has 0 bridgehead atoms. The highest BCUT2D eigenvalue weighted by atomic mass is 16.3. The Bertz CT molecular complexity index is 2560. The Morgan fingerprint density at radius 1 is 0.521 bits per heavy atom. The van der Waals surface area contributed by atoms with Gasteiger partial charge in [0.25, 0.3) is 11.4 Å². The molecule has 0 unspecified atom stereocenters. The third-order valence-electron chi connectivity index (χ3n) is 9.66. The van der Waals surface area contributed by atoms with Crippen LogP contribution in [0, 0.1) is 13.8 Å². The number of fused-ring (bicyclic) bond motifs is 6. The van der Waals surface area contributed by atoms with Crippen molar-refractivity contribution in [3.63, 3.8) is 0 Å². The van der Waals surface area contributed by atoms with Crippen LogP contribution in [0.4, 0.5) is 0 Å². The fraction of sp³-hybridized carbons (Fsp3) is 0.0682. The number of para-hydroxylation sites is 1. The van der Waals surface area contributed by atoms with Crippen LogP contribution in [-0.4, -0.2) is 0 Å². The van der Waals surface area contributed by atoms with Gasteiger partial charge in [-0.15, -0.1) is 0 Å². The summed E-state index contributed by atoms with van der Waals surface area (Å²) in [5.74, 6) is 0. The van der Waals surface area contributed by atoms with Crippen molar-refractivity contribution in [1.29, 1.82) is 0 Å². The zero-order valence-electron chi connectivity index (χ0n) is 27.2. The molecule has 0 saturated heterocycles. The second-order valence-corrected chi connectivity index (χ2v) is 12.7. The van der Waals surface area contributed by atoms with Crippen LogP contribution in [0.3, 0.4) is 0 Å². The van der Waals surface area contributed by atoms with E-state index in [0.717, 1.165) is 55.8 Å². The van der Waals surface area contributed by atoms with Gasteiger partial charge < -0.3 is 4.42 Å². The fourth-order valence-corrected chi connectivity index (χ4v) is 7.35. The highest BCUT2D eigenvalue weighted by Gasteiger charge is 2.41. The smallest absolute Gasteiger partial charge is 0.292 e. The lowest BCUT2D eigenvalue weighted by molar-refractivity contribution is -0.660. The minimum atomic E-state index is 0.873. The van der Waals surface area contributed by atoms with Crippen LogP contribution >= 0.6 is 0 Å². The SMILES string of the molecule is Cc1cc[n+](C)c(-c2cc3oc4ccccc4c3cc2C(=C2c3ccccc3-c3cccc[n+]32)[n+]2ccccc2-c2ccccc2C)c1. The largest absolute Gasteiger partial charge is 0.456 e. The summed E-state index contributed by atoms with van der Waals surface area (Å²) in [7, 11) is 2.12. The van der Waals surface area contributed by atoms with E-state index in [9.17, 15) is 0 Å². The molecule has 0 spiro atoms. The van der Waals surface area contributed by atoms with E-state index in [0.29, 0.717) is 0 Å². The molecule has 8 aromatic rings. The molecule has 0 radical (unpaired) electrons. The lowest BCUT2D eigenvalue weighted by Gasteiger charge is -2.13. The van der Waals surface area contributed by atoms with Gasteiger partial charge in [0.15, 0.2) is 18.6 Å². The second-order valence-electron chi connectivity index (χ2n) is 12.7. The van der Waals surface area contributed by atoms with Crippen molar-refractivity contribution in [3.05, 3.63) is 174 Å². The van der Waals surface area contributed by atoms with Gasteiger partial charge in [-0.25, -0.2) is 4.57 Å². The second kappa shape index (κ2) is 11.0. The molecular weight excluding hydrogens is 587 g/mol. The molecule has 228 valence electrons. The number of aryl methyl sites for hydroxylation is 3. The first-order chi connectivity index (χ1) is 23.6. The Kier molecular flexibility index (Phi) is 6.44. The normalized spacial score (nSPS) is 13.1. The average molecular weight is 621 g/mol. The molecule has 0 saturated carbocycles. The number of nitrogens with zero attached hydrogens (tertiary/aromatic N) is 3. The summed E-state index contributed by atoms with van der Waals surface area (Å²) in [6.07, 6.45) is 6.55. The number of hydrogen-bond donors (Lipinski definition) is 0. The summed E-state index contributed by atoms with van der Waals surface area (Å²) in [4.78, 5) is 0. The van der Waals surface area contributed by atoms with E-state index in [2.05, 4.69) is 181 Å². The molecule has 4 nitrogen and oxygen atoms in total. The summed E-state index contributed by atoms with van der Waals surface area (Å²) < 4.78 is 13.5. The monoisotopic (exact) mass is 620 g/mol. The van der Waals surface area contributed by atoms with Crippen LogP contribution in [0.15, 0.2) is 156 Å². The maximum atomic E-state index is 6.53. The molecule has 48 heavy (non-hydrogen) atoms. The summed E-state index contributed by atoms with van der Waals surface area (Å²) in [6.45, 7) is 4.35. The topological polar surface area (TPSA) is 24.8 Å². The van der Waals surface area contributed by atoms with Gasteiger partial charge in [0.1, 0.15) is 18.2 Å². The van der Waals surface area contributed by atoms with Gasteiger partial charge in [-0.2, -0.15) is 9.13 Å². The van der Waals surface area contributed by atoms with E-state index in [1.165, 1.54) is 33.5 Å². The van der Waals surface area contributed by atoms with Gasteiger partial charge in [0.2, 0.25) is 17.1 Å². The Labute approximate surface area is 279 Å². The first-order valence-corrected chi connectivity index (χ1v) is 16.4. The van der Waals surface area contributed by atoms with Crippen LogP contribution in [0.1, 0.15) is 22.3 Å². The van der Waals surface area contributed by atoms with Gasteiger partial charge in [0.05, 0.1) is 22.3 Å². The van der Waals surface area contributed by atoms with E-state index in [4.69, 9.17) is 4.42 Å². The number of pyridine rings is 3. The minimum absolute atomic E-state index is 0.873. The Morgan fingerprint density at radius 3 is 2.08 bits per heavy atom. The summed E-state index contributed by atoms with van der Waals surface area (Å²) in [5, 5.41) is 2.20. The number of rotatable bonds is 4. The van der Waals surface area contributed by atoms with Crippen LogP contribution in [0.25, 0.3) is 67.1 Å². The molecule has 4 aromatic carbocycles. The molecule has 0 amide bonds. The van der Waals surface area contributed by atoms with Gasteiger partial charge in [-0.1, -0.05) is 48.5 Å². The van der Waals surface area contributed by atoms with Gasteiger partial charge >= 0.3 is 0 Å². The fourth-order valence-electron chi connectivity index (χ4n) is 7.35. The molecular formula is C44H34N3O+3.